The molecule has 0 unspecified atom stereocenters. The van der Waals surface area contributed by atoms with Gasteiger partial charge in [-0.1, -0.05) is 46.3 Å². The van der Waals surface area contributed by atoms with Gasteiger partial charge < -0.3 is 5.32 Å². The fourth-order valence-corrected chi connectivity index (χ4v) is 5.05. The van der Waals surface area contributed by atoms with Crippen LogP contribution in [0.15, 0.2) is 76.1 Å². The van der Waals surface area contributed by atoms with Crippen LogP contribution in [-0.2, 0) is 9.84 Å². The molecule has 0 aliphatic rings. The molecule has 3 rings (SSSR count). The van der Waals surface area contributed by atoms with E-state index in [0.717, 1.165) is 14.9 Å². The summed E-state index contributed by atoms with van der Waals surface area (Å²) >= 11 is 4.82. The van der Waals surface area contributed by atoms with E-state index < -0.39 is 9.84 Å². The van der Waals surface area contributed by atoms with Gasteiger partial charge in [0.05, 0.1) is 15.5 Å². The lowest BCUT2D eigenvalue weighted by Crippen LogP contribution is -2.25. The van der Waals surface area contributed by atoms with E-state index in [2.05, 4.69) is 21.2 Å². The van der Waals surface area contributed by atoms with E-state index in [0.29, 0.717) is 22.7 Å². The Morgan fingerprint density at radius 2 is 1.67 bits per heavy atom. The average molecular weight is 464 g/mol. The molecule has 27 heavy (non-hydrogen) atoms. The number of hydrogen-bond acceptors (Lipinski definition) is 4. The van der Waals surface area contributed by atoms with Gasteiger partial charge in [0, 0.05) is 15.9 Å². The normalized spacial score (nSPS) is 11.3. The molecule has 3 aromatic rings. The van der Waals surface area contributed by atoms with Crippen molar-refractivity contribution in [1.29, 1.82) is 0 Å². The largest absolute Gasteiger partial charge is 0.351 e. The van der Waals surface area contributed by atoms with Crippen LogP contribution in [0.5, 0.6) is 0 Å². The summed E-state index contributed by atoms with van der Waals surface area (Å²) in [7, 11) is -3.31. The molecule has 4 nitrogen and oxygen atoms in total. The Balaban J connectivity index is 1.52. The van der Waals surface area contributed by atoms with Crippen molar-refractivity contribution < 1.29 is 13.2 Å². The molecule has 0 atom stereocenters. The van der Waals surface area contributed by atoms with E-state index >= 15 is 0 Å². The van der Waals surface area contributed by atoms with Crippen molar-refractivity contribution in [1.82, 2.24) is 5.32 Å². The molecule has 0 saturated heterocycles. The molecule has 0 radical (unpaired) electrons. The van der Waals surface area contributed by atoms with Crippen molar-refractivity contribution in [3.63, 3.8) is 0 Å². The maximum absolute atomic E-state index is 12.3. The van der Waals surface area contributed by atoms with Gasteiger partial charge in [0.1, 0.15) is 0 Å². The SMILES string of the molecule is O=C(NCCCS(=O)(=O)c1ccccc1)c1ccc(-c2ccc(Br)cc2)s1. The number of carbonyl (C=O) groups is 1. The molecule has 0 aliphatic carbocycles. The summed E-state index contributed by atoms with van der Waals surface area (Å²) in [6, 6.07) is 20.0. The predicted molar refractivity (Wildman–Crippen MR) is 113 cm³/mol. The van der Waals surface area contributed by atoms with Crippen molar-refractivity contribution in [2.75, 3.05) is 12.3 Å². The second-order valence-electron chi connectivity index (χ2n) is 5.91. The lowest BCUT2D eigenvalue weighted by molar-refractivity contribution is 0.0957. The first-order valence-corrected chi connectivity index (χ1v) is 11.6. The summed E-state index contributed by atoms with van der Waals surface area (Å²) in [5.74, 6) is -0.174. The number of thiophene rings is 1. The number of hydrogen-bond donors (Lipinski definition) is 1. The van der Waals surface area contributed by atoms with Gasteiger partial charge in [-0.05, 0) is 48.4 Å². The van der Waals surface area contributed by atoms with Crippen LogP contribution in [-0.4, -0.2) is 26.6 Å². The third kappa shape index (κ3) is 5.28. The molecule has 1 aromatic heterocycles. The Bertz CT molecular complexity index is 1010. The Morgan fingerprint density at radius 3 is 2.37 bits per heavy atom. The zero-order valence-electron chi connectivity index (χ0n) is 14.4. The lowest BCUT2D eigenvalue weighted by atomic mass is 10.2. The van der Waals surface area contributed by atoms with Crippen molar-refractivity contribution in [2.24, 2.45) is 0 Å². The molecular formula is C20H18BrNO3S2. The summed E-state index contributed by atoms with van der Waals surface area (Å²) in [6.45, 7) is 0.316. The minimum absolute atomic E-state index is 0.00583. The number of carbonyl (C=O) groups excluding carboxylic acids is 1. The molecule has 1 N–H and O–H groups in total. The van der Waals surface area contributed by atoms with Crippen LogP contribution in [0.3, 0.4) is 0 Å². The molecule has 1 amide bonds. The summed E-state index contributed by atoms with van der Waals surface area (Å²) in [5, 5.41) is 2.80. The number of nitrogens with one attached hydrogen (secondary N) is 1. The number of benzene rings is 2. The zero-order valence-corrected chi connectivity index (χ0v) is 17.6. The van der Waals surface area contributed by atoms with Crippen LogP contribution in [0.2, 0.25) is 0 Å². The highest BCUT2D eigenvalue weighted by Crippen LogP contribution is 2.29. The summed E-state index contributed by atoms with van der Waals surface area (Å²) in [6.07, 6.45) is 0.369. The van der Waals surface area contributed by atoms with Crippen LogP contribution in [0.4, 0.5) is 0 Å². The number of halogens is 1. The van der Waals surface area contributed by atoms with E-state index in [1.165, 1.54) is 11.3 Å². The van der Waals surface area contributed by atoms with E-state index in [1.807, 2.05) is 30.3 Å². The van der Waals surface area contributed by atoms with Gasteiger partial charge in [0.15, 0.2) is 9.84 Å². The molecule has 0 bridgehead atoms. The molecule has 140 valence electrons. The molecule has 2 aromatic carbocycles. The van der Waals surface area contributed by atoms with Gasteiger partial charge >= 0.3 is 0 Å². The fraction of sp³-hybridized carbons (Fsp3) is 0.150. The third-order valence-electron chi connectivity index (χ3n) is 3.94. The topological polar surface area (TPSA) is 63.2 Å². The van der Waals surface area contributed by atoms with Gasteiger partial charge in [-0.2, -0.15) is 0 Å². The lowest BCUT2D eigenvalue weighted by Gasteiger charge is -2.05. The first-order valence-electron chi connectivity index (χ1n) is 8.37. The van der Waals surface area contributed by atoms with E-state index in [-0.39, 0.29) is 11.7 Å². The van der Waals surface area contributed by atoms with Crippen molar-refractivity contribution in [2.45, 2.75) is 11.3 Å². The number of sulfone groups is 1. The van der Waals surface area contributed by atoms with E-state index in [9.17, 15) is 13.2 Å². The quantitative estimate of drug-likeness (QED) is 0.513. The van der Waals surface area contributed by atoms with Crippen molar-refractivity contribution in [3.8, 4) is 10.4 Å². The predicted octanol–water partition coefficient (Wildman–Crippen LogP) is 4.77. The van der Waals surface area contributed by atoms with Crippen molar-refractivity contribution in [3.05, 3.63) is 76.1 Å². The van der Waals surface area contributed by atoms with E-state index in [1.54, 1.807) is 36.4 Å². The molecule has 7 heteroatoms. The van der Waals surface area contributed by atoms with Crippen molar-refractivity contribution >= 4 is 43.0 Å². The van der Waals surface area contributed by atoms with Gasteiger partial charge in [-0.3, -0.25) is 4.79 Å². The Labute approximate surface area is 171 Å². The van der Waals surface area contributed by atoms with Gasteiger partial charge in [-0.15, -0.1) is 11.3 Å². The molecule has 0 saturated carbocycles. The molecular weight excluding hydrogens is 446 g/mol. The summed E-state index contributed by atoms with van der Waals surface area (Å²) in [5.41, 5.74) is 1.05. The maximum atomic E-state index is 12.3. The van der Waals surface area contributed by atoms with E-state index in [4.69, 9.17) is 0 Å². The van der Waals surface area contributed by atoms with Crippen LogP contribution in [0, 0.1) is 0 Å². The fourth-order valence-electron chi connectivity index (χ4n) is 2.53. The summed E-state index contributed by atoms with van der Waals surface area (Å²) in [4.78, 5) is 14.2. The molecule has 0 aliphatic heterocycles. The minimum atomic E-state index is -3.31. The number of amides is 1. The number of rotatable bonds is 7. The smallest absolute Gasteiger partial charge is 0.261 e. The van der Waals surface area contributed by atoms with Gasteiger partial charge in [0.25, 0.3) is 5.91 Å². The third-order valence-corrected chi connectivity index (χ3v) is 7.41. The highest BCUT2D eigenvalue weighted by Gasteiger charge is 2.14. The second kappa shape index (κ2) is 8.82. The Morgan fingerprint density at radius 1 is 0.963 bits per heavy atom. The minimum Gasteiger partial charge on any atom is -0.351 e. The molecule has 0 fully saturated rings. The Kier molecular flexibility index (Phi) is 6.46. The highest BCUT2D eigenvalue weighted by atomic mass is 79.9. The van der Waals surface area contributed by atoms with Crippen LogP contribution in [0.1, 0.15) is 16.1 Å². The molecule has 0 spiro atoms. The first kappa shape index (κ1) is 19.8. The standard InChI is InChI=1S/C20H18BrNO3S2/c21-16-9-7-15(8-10-16)18-11-12-19(26-18)20(23)22-13-4-14-27(24,25)17-5-2-1-3-6-17/h1-3,5-12H,4,13-14H2,(H,22,23). The summed E-state index contributed by atoms with van der Waals surface area (Å²) < 4.78 is 25.4. The maximum Gasteiger partial charge on any atom is 0.261 e. The van der Waals surface area contributed by atoms with Gasteiger partial charge in [-0.25, -0.2) is 8.42 Å². The Hall–Kier alpha value is -1.96. The second-order valence-corrected chi connectivity index (χ2v) is 10.0. The van der Waals surface area contributed by atoms with Crippen LogP contribution < -0.4 is 5.32 Å². The molecule has 1 heterocycles. The van der Waals surface area contributed by atoms with Crippen LogP contribution in [0.25, 0.3) is 10.4 Å². The van der Waals surface area contributed by atoms with Crippen LogP contribution >= 0.6 is 27.3 Å². The first-order chi connectivity index (χ1) is 13.0. The van der Waals surface area contributed by atoms with Gasteiger partial charge in [0.2, 0.25) is 0 Å². The zero-order chi connectivity index (χ0) is 19.3. The highest BCUT2D eigenvalue weighted by molar-refractivity contribution is 9.10. The average Bonchev–Trinajstić information content (AvgIpc) is 3.17. The monoisotopic (exact) mass is 463 g/mol.